The molecule has 0 bridgehead atoms. The van der Waals surface area contributed by atoms with Gasteiger partial charge in [-0.3, -0.25) is 9.78 Å². The number of hydrogen-bond acceptors (Lipinski definition) is 8. The van der Waals surface area contributed by atoms with Gasteiger partial charge in [0.05, 0.1) is 12.7 Å². The SMILES string of the molecule is O=C(O)CNS(=O)(=O)NCc1nc(-c2cnccn2)no1. The summed E-state index contributed by atoms with van der Waals surface area (Å²) in [6.07, 6.45) is 4.35. The predicted molar refractivity (Wildman–Crippen MR) is 66.7 cm³/mol. The van der Waals surface area contributed by atoms with Crippen molar-refractivity contribution < 1.29 is 22.8 Å². The van der Waals surface area contributed by atoms with Gasteiger partial charge in [-0.1, -0.05) is 5.16 Å². The van der Waals surface area contributed by atoms with Gasteiger partial charge >= 0.3 is 5.97 Å². The number of carboxylic acids is 1. The first kappa shape index (κ1) is 15.0. The molecule has 2 heterocycles. The van der Waals surface area contributed by atoms with E-state index in [2.05, 4.69) is 24.8 Å². The average molecular weight is 314 g/mol. The highest BCUT2D eigenvalue weighted by Crippen LogP contribution is 2.10. The third kappa shape index (κ3) is 4.55. The number of aliphatic carboxylic acids is 1. The first-order valence-corrected chi connectivity index (χ1v) is 6.99. The van der Waals surface area contributed by atoms with Crippen LogP contribution in [0.25, 0.3) is 11.5 Å². The number of aromatic nitrogens is 4. The van der Waals surface area contributed by atoms with E-state index in [0.29, 0.717) is 5.69 Å². The smallest absolute Gasteiger partial charge is 0.318 e. The van der Waals surface area contributed by atoms with Crippen molar-refractivity contribution in [1.82, 2.24) is 29.6 Å². The standard InChI is InChI=1S/C9H10N6O5S/c16-8(17)5-13-21(18,19)12-4-7-14-9(15-20-7)6-3-10-1-2-11-6/h1-3,12-13H,4-5H2,(H,16,17). The Balaban J connectivity index is 1.96. The Morgan fingerprint density at radius 1 is 1.33 bits per heavy atom. The minimum absolute atomic E-state index is 0.00338. The van der Waals surface area contributed by atoms with Gasteiger partial charge in [-0.2, -0.15) is 22.8 Å². The molecule has 3 N–H and O–H groups in total. The van der Waals surface area contributed by atoms with Crippen molar-refractivity contribution in [3.8, 4) is 11.5 Å². The van der Waals surface area contributed by atoms with Crippen molar-refractivity contribution in [1.29, 1.82) is 0 Å². The van der Waals surface area contributed by atoms with Gasteiger partial charge in [-0.15, -0.1) is 0 Å². The molecular formula is C9H10N6O5S. The molecule has 0 aliphatic rings. The molecule has 0 spiro atoms. The van der Waals surface area contributed by atoms with Gasteiger partial charge in [0.15, 0.2) is 0 Å². The van der Waals surface area contributed by atoms with Crippen LogP contribution in [0.4, 0.5) is 0 Å². The number of carboxylic acid groups (broad SMARTS) is 1. The van der Waals surface area contributed by atoms with E-state index in [1.807, 2.05) is 4.72 Å². The van der Waals surface area contributed by atoms with Crippen LogP contribution in [0.1, 0.15) is 5.89 Å². The van der Waals surface area contributed by atoms with Crippen molar-refractivity contribution >= 4 is 16.2 Å². The van der Waals surface area contributed by atoms with E-state index in [9.17, 15) is 13.2 Å². The van der Waals surface area contributed by atoms with Crippen molar-refractivity contribution in [2.24, 2.45) is 0 Å². The number of rotatable bonds is 7. The summed E-state index contributed by atoms with van der Waals surface area (Å²) in [6.45, 7) is -1.02. The lowest BCUT2D eigenvalue weighted by atomic mass is 10.4. The summed E-state index contributed by atoms with van der Waals surface area (Å²) >= 11 is 0. The van der Waals surface area contributed by atoms with Gasteiger partial charge in [-0.25, -0.2) is 4.98 Å². The summed E-state index contributed by atoms with van der Waals surface area (Å²) in [5, 5.41) is 12.0. The molecular weight excluding hydrogens is 304 g/mol. The van der Waals surface area contributed by atoms with Crippen LogP contribution in [0.5, 0.6) is 0 Å². The van der Waals surface area contributed by atoms with Gasteiger partial charge < -0.3 is 9.63 Å². The fourth-order valence-corrected chi connectivity index (χ4v) is 1.94. The van der Waals surface area contributed by atoms with Crippen LogP contribution in [0.3, 0.4) is 0 Å². The van der Waals surface area contributed by atoms with Gasteiger partial charge in [0, 0.05) is 12.4 Å². The molecule has 2 aromatic rings. The molecule has 0 radical (unpaired) electrons. The maximum atomic E-state index is 11.4. The highest BCUT2D eigenvalue weighted by Gasteiger charge is 2.14. The van der Waals surface area contributed by atoms with Gasteiger partial charge in [0.25, 0.3) is 10.2 Å². The molecule has 0 atom stereocenters. The Labute approximate surface area is 118 Å². The van der Waals surface area contributed by atoms with Crippen LogP contribution >= 0.6 is 0 Å². The summed E-state index contributed by atoms with van der Waals surface area (Å²) in [5.74, 6) is -1.14. The van der Waals surface area contributed by atoms with Gasteiger partial charge in [-0.05, 0) is 0 Å². The molecule has 0 amide bonds. The molecule has 0 saturated carbocycles. The molecule has 0 aromatic carbocycles. The lowest BCUT2D eigenvalue weighted by Gasteiger charge is -2.03. The Morgan fingerprint density at radius 2 is 2.14 bits per heavy atom. The summed E-state index contributed by atoms with van der Waals surface area (Å²) in [6, 6.07) is 0. The largest absolute Gasteiger partial charge is 0.480 e. The van der Waals surface area contributed by atoms with Crippen LogP contribution in [0, 0.1) is 0 Å². The Hall–Kier alpha value is -2.44. The van der Waals surface area contributed by atoms with Crippen molar-refractivity contribution in [2.75, 3.05) is 6.54 Å². The van der Waals surface area contributed by atoms with Crippen LogP contribution in [0.2, 0.25) is 0 Å². The molecule has 11 nitrogen and oxygen atoms in total. The minimum atomic E-state index is -3.97. The van der Waals surface area contributed by atoms with Crippen molar-refractivity contribution in [3.63, 3.8) is 0 Å². The number of nitrogens with zero attached hydrogens (tertiary/aromatic N) is 4. The molecule has 21 heavy (non-hydrogen) atoms. The zero-order chi connectivity index (χ0) is 15.3. The molecule has 2 rings (SSSR count). The number of carbonyl (C=O) groups is 1. The fraction of sp³-hybridized carbons (Fsp3) is 0.222. The Bertz CT molecular complexity index is 715. The van der Waals surface area contributed by atoms with Gasteiger partial charge in [0.1, 0.15) is 12.2 Å². The number of nitrogens with one attached hydrogen (secondary N) is 2. The highest BCUT2D eigenvalue weighted by molar-refractivity contribution is 7.87. The van der Waals surface area contributed by atoms with E-state index in [1.165, 1.54) is 18.6 Å². The summed E-state index contributed by atoms with van der Waals surface area (Å²) in [7, 11) is -3.97. The molecule has 12 heteroatoms. The third-order valence-corrected chi connectivity index (χ3v) is 3.14. The van der Waals surface area contributed by atoms with E-state index >= 15 is 0 Å². The van der Waals surface area contributed by atoms with E-state index in [-0.39, 0.29) is 18.3 Å². The second-order valence-corrected chi connectivity index (χ2v) is 5.23. The van der Waals surface area contributed by atoms with Gasteiger partial charge in [0.2, 0.25) is 11.7 Å². The first-order chi connectivity index (χ1) is 9.96. The molecule has 0 aliphatic heterocycles. The Morgan fingerprint density at radius 3 is 2.81 bits per heavy atom. The summed E-state index contributed by atoms with van der Waals surface area (Å²) in [5.41, 5.74) is 0.374. The van der Waals surface area contributed by atoms with E-state index in [4.69, 9.17) is 9.63 Å². The second-order valence-electron chi connectivity index (χ2n) is 3.64. The zero-order valence-electron chi connectivity index (χ0n) is 10.4. The lowest BCUT2D eigenvalue weighted by Crippen LogP contribution is -2.38. The van der Waals surface area contributed by atoms with E-state index in [1.54, 1.807) is 0 Å². The summed E-state index contributed by atoms with van der Waals surface area (Å²) < 4.78 is 31.5. The average Bonchev–Trinajstić information content (AvgIpc) is 2.93. The number of hydrogen-bond donors (Lipinski definition) is 3. The third-order valence-electron chi connectivity index (χ3n) is 2.09. The van der Waals surface area contributed by atoms with Crippen LogP contribution < -0.4 is 9.44 Å². The van der Waals surface area contributed by atoms with E-state index < -0.39 is 22.7 Å². The molecule has 112 valence electrons. The lowest BCUT2D eigenvalue weighted by molar-refractivity contribution is -0.135. The highest BCUT2D eigenvalue weighted by atomic mass is 32.2. The van der Waals surface area contributed by atoms with Crippen molar-refractivity contribution in [3.05, 3.63) is 24.5 Å². The van der Waals surface area contributed by atoms with Crippen molar-refractivity contribution in [2.45, 2.75) is 6.54 Å². The second kappa shape index (κ2) is 6.34. The maximum Gasteiger partial charge on any atom is 0.318 e. The Kier molecular flexibility index (Phi) is 4.52. The van der Waals surface area contributed by atoms with Crippen LogP contribution in [0.15, 0.2) is 23.1 Å². The molecule has 0 fully saturated rings. The predicted octanol–water partition coefficient (Wildman–Crippen LogP) is -1.46. The molecule has 2 aromatic heterocycles. The van der Waals surface area contributed by atoms with Crippen LogP contribution in [-0.4, -0.2) is 46.1 Å². The topological polar surface area (TPSA) is 160 Å². The maximum absolute atomic E-state index is 11.4. The molecule has 0 saturated heterocycles. The fourth-order valence-electron chi connectivity index (χ4n) is 1.21. The van der Waals surface area contributed by atoms with Crippen LogP contribution in [-0.2, 0) is 21.5 Å². The quantitative estimate of drug-likeness (QED) is 0.554. The normalized spacial score (nSPS) is 11.4. The first-order valence-electron chi connectivity index (χ1n) is 5.51. The molecule has 0 aliphatic carbocycles. The minimum Gasteiger partial charge on any atom is -0.480 e. The zero-order valence-corrected chi connectivity index (χ0v) is 11.2. The van der Waals surface area contributed by atoms with E-state index in [0.717, 1.165) is 0 Å². The molecule has 0 unspecified atom stereocenters. The monoisotopic (exact) mass is 314 g/mol. The summed E-state index contributed by atoms with van der Waals surface area (Å²) in [4.78, 5) is 22.0.